The minimum Gasteiger partial charge on any atom is -0.383 e. The normalized spacial score (nSPS) is 14.4. The molecule has 0 aliphatic rings. The van der Waals surface area contributed by atoms with Crippen molar-refractivity contribution in [2.45, 2.75) is 39.7 Å². The third-order valence-electron chi connectivity index (χ3n) is 2.92. The first-order chi connectivity index (χ1) is 7.94. The van der Waals surface area contributed by atoms with Gasteiger partial charge in [-0.15, -0.1) is 0 Å². The van der Waals surface area contributed by atoms with Crippen molar-refractivity contribution in [3.05, 3.63) is 23.4 Å². The second-order valence-electron chi connectivity index (χ2n) is 4.29. The van der Waals surface area contributed by atoms with E-state index in [4.69, 9.17) is 10.5 Å². The molecule has 0 aliphatic carbocycles. The summed E-state index contributed by atoms with van der Waals surface area (Å²) in [6.07, 6.45) is 2.25. The molecule has 0 bridgehead atoms. The van der Waals surface area contributed by atoms with Gasteiger partial charge in [0.2, 0.25) is 0 Å². The van der Waals surface area contributed by atoms with Crippen LogP contribution in [0.5, 0.6) is 0 Å². The molecule has 1 rings (SSSR count). The number of Topliss-reactive ketones (excluding diaryl/α,β-unsaturated/α-hetero) is 1. The Morgan fingerprint density at radius 2 is 2.18 bits per heavy atom. The first kappa shape index (κ1) is 13.6. The fraction of sp³-hybridized carbons (Fsp3) is 0.538. The van der Waals surface area contributed by atoms with Gasteiger partial charge in [-0.1, -0.05) is 6.92 Å². The van der Waals surface area contributed by atoms with Crippen LogP contribution >= 0.6 is 0 Å². The maximum atomic E-state index is 12.4. The largest absolute Gasteiger partial charge is 0.383 e. The highest BCUT2D eigenvalue weighted by molar-refractivity contribution is 6.05. The Balaban J connectivity index is 3.14. The van der Waals surface area contributed by atoms with Gasteiger partial charge in [0.05, 0.1) is 5.56 Å². The van der Waals surface area contributed by atoms with E-state index in [1.807, 2.05) is 20.8 Å². The molecular weight excluding hydrogens is 216 g/mol. The number of hydrogen-bond donors (Lipinski definition) is 1. The molecule has 1 aromatic heterocycles. The van der Waals surface area contributed by atoms with Crippen molar-refractivity contribution in [3.8, 4) is 0 Å². The third kappa shape index (κ3) is 2.82. The van der Waals surface area contributed by atoms with Crippen LogP contribution in [0.3, 0.4) is 0 Å². The maximum Gasteiger partial charge on any atom is 0.198 e. The standard InChI is InChI=1S/C13H20N2O2/c1-5-13(4,17-6-2)11(16)10-7-9(3)8-15-12(10)14/h7-8H,5-6H2,1-4H3,(H2,14,15). The quantitative estimate of drug-likeness (QED) is 0.797. The number of aryl methyl sites for hydroxylation is 1. The zero-order valence-corrected chi connectivity index (χ0v) is 10.9. The number of ketones is 1. The Morgan fingerprint density at radius 1 is 1.53 bits per heavy atom. The van der Waals surface area contributed by atoms with E-state index in [-0.39, 0.29) is 11.6 Å². The molecule has 17 heavy (non-hydrogen) atoms. The maximum absolute atomic E-state index is 12.4. The molecule has 4 nitrogen and oxygen atoms in total. The van der Waals surface area contributed by atoms with Crippen molar-refractivity contribution < 1.29 is 9.53 Å². The van der Waals surface area contributed by atoms with Gasteiger partial charge in [-0.05, 0) is 38.8 Å². The van der Waals surface area contributed by atoms with E-state index in [9.17, 15) is 4.79 Å². The van der Waals surface area contributed by atoms with Crippen LogP contribution in [0.4, 0.5) is 5.82 Å². The predicted molar refractivity (Wildman–Crippen MR) is 68.0 cm³/mol. The molecule has 1 heterocycles. The lowest BCUT2D eigenvalue weighted by atomic mass is 9.91. The Labute approximate surface area is 102 Å². The summed E-state index contributed by atoms with van der Waals surface area (Å²) in [6.45, 7) is 7.97. The number of rotatable bonds is 5. The Morgan fingerprint density at radius 3 is 2.71 bits per heavy atom. The van der Waals surface area contributed by atoms with Gasteiger partial charge >= 0.3 is 0 Å². The molecule has 0 saturated heterocycles. The number of anilines is 1. The summed E-state index contributed by atoms with van der Waals surface area (Å²) in [7, 11) is 0. The highest BCUT2D eigenvalue weighted by atomic mass is 16.5. The van der Waals surface area contributed by atoms with Crippen molar-refractivity contribution in [2.75, 3.05) is 12.3 Å². The smallest absolute Gasteiger partial charge is 0.198 e. The molecule has 4 heteroatoms. The van der Waals surface area contributed by atoms with Crippen molar-refractivity contribution >= 4 is 11.6 Å². The molecule has 0 spiro atoms. The molecule has 0 saturated carbocycles. The molecular formula is C13H20N2O2. The average Bonchev–Trinajstić information content (AvgIpc) is 2.31. The van der Waals surface area contributed by atoms with Crippen LogP contribution < -0.4 is 5.73 Å². The molecule has 0 fully saturated rings. The van der Waals surface area contributed by atoms with Crippen LogP contribution in [-0.4, -0.2) is 23.0 Å². The number of hydrogen-bond acceptors (Lipinski definition) is 4. The number of aromatic nitrogens is 1. The second-order valence-corrected chi connectivity index (χ2v) is 4.29. The van der Waals surface area contributed by atoms with Gasteiger partial charge in [-0.3, -0.25) is 4.79 Å². The number of ether oxygens (including phenoxy) is 1. The number of carbonyl (C=O) groups excluding carboxylic acids is 1. The van der Waals surface area contributed by atoms with Crippen LogP contribution in [0.1, 0.15) is 43.1 Å². The van der Waals surface area contributed by atoms with E-state index in [1.54, 1.807) is 19.2 Å². The highest BCUT2D eigenvalue weighted by Crippen LogP contribution is 2.24. The molecule has 1 aromatic rings. The fourth-order valence-electron chi connectivity index (χ4n) is 1.69. The Hall–Kier alpha value is -1.42. The van der Waals surface area contributed by atoms with E-state index in [0.29, 0.717) is 18.6 Å². The summed E-state index contributed by atoms with van der Waals surface area (Å²) in [5.41, 5.74) is 6.29. The van der Waals surface area contributed by atoms with Crippen LogP contribution in [0.15, 0.2) is 12.3 Å². The molecule has 2 N–H and O–H groups in total. The summed E-state index contributed by atoms with van der Waals surface area (Å²) in [6, 6.07) is 1.76. The molecule has 1 atom stereocenters. The van der Waals surface area contributed by atoms with Gasteiger partial charge in [-0.2, -0.15) is 0 Å². The SMILES string of the molecule is CCOC(C)(CC)C(=O)c1cc(C)cnc1N. The van der Waals surface area contributed by atoms with E-state index >= 15 is 0 Å². The first-order valence-electron chi connectivity index (χ1n) is 5.85. The summed E-state index contributed by atoms with van der Waals surface area (Å²) in [4.78, 5) is 16.4. The zero-order chi connectivity index (χ0) is 13.1. The van der Waals surface area contributed by atoms with Crippen molar-refractivity contribution in [2.24, 2.45) is 0 Å². The first-order valence-corrected chi connectivity index (χ1v) is 5.85. The van der Waals surface area contributed by atoms with Crippen LogP contribution in [-0.2, 0) is 4.74 Å². The monoisotopic (exact) mass is 236 g/mol. The van der Waals surface area contributed by atoms with E-state index in [2.05, 4.69) is 4.98 Å². The molecule has 0 aliphatic heterocycles. The lowest BCUT2D eigenvalue weighted by molar-refractivity contribution is -0.0115. The van der Waals surface area contributed by atoms with Gasteiger partial charge in [0.25, 0.3) is 0 Å². The van der Waals surface area contributed by atoms with E-state index < -0.39 is 5.60 Å². The van der Waals surface area contributed by atoms with Gasteiger partial charge in [0.1, 0.15) is 11.4 Å². The van der Waals surface area contributed by atoms with Crippen molar-refractivity contribution in [1.29, 1.82) is 0 Å². The van der Waals surface area contributed by atoms with Crippen molar-refractivity contribution in [1.82, 2.24) is 4.98 Å². The van der Waals surface area contributed by atoms with Crippen molar-refractivity contribution in [3.63, 3.8) is 0 Å². The minimum absolute atomic E-state index is 0.101. The fourth-order valence-corrected chi connectivity index (χ4v) is 1.69. The number of nitrogens with two attached hydrogens (primary N) is 1. The third-order valence-corrected chi connectivity index (χ3v) is 2.92. The summed E-state index contributed by atoms with van der Waals surface area (Å²) in [5.74, 6) is 0.163. The Bertz CT molecular complexity index is 418. The summed E-state index contributed by atoms with van der Waals surface area (Å²) in [5, 5.41) is 0. The topological polar surface area (TPSA) is 65.2 Å². The van der Waals surface area contributed by atoms with Crippen LogP contribution in [0.25, 0.3) is 0 Å². The molecule has 0 aromatic carbocycles. The van der Waals surface area contributed by atoms with Gasteiger partial charge in [0, 0.05) is 12.8 Å². The lowest BCUT2D eigenvalue weighted by Crippen LogP contribution is -2.38. The molecule has 0 amide bonds. The van der Waals surface area contributed by atoms with E-state index in [0.717, 1.165) is 5.56 Å². The predicted octanol–water partition coefficient (Wildman–Crippen LogP) is 2.36. The second kappa shape index (κ2) is 5.27. The van der Waals surface area contributed by atoms with Crippen LogP contribution in [0.2, 0.25) is 0 Å². The summed E-state index contributed by atoms with van der Waals surface area (Å²) >= 11 is 0. The molecule has 1 unspecified atom stereocenters. The molecule has 94 valence electrons. The molecule has 0 radical (unpaired) electrons. The highest BCUT2D eigenvalue weighted by Gasteiger charge is 2.34. The number of carbonyl (C=O) groups is 1. The van der Waals surface area contributed by atoms with Gasteiger partial charge < -0.3 is 10.5 Å². The van der Waals surface area contributed by atoms with E-state index in [1.165, 1.54) is 0 Å². The number of nitrogen functional groups attached to an aromatic ring is 1. The van der Waals surface area contributed by atoms with Gasteiger partial charge in [0.15, 0.2) is 5.78 Å². The average molecular weight is 236 g/mol. The lowest BCUT2D eigenvalue weighted by Gasteiger charge is -2.27. The number of nitrogens with zero attached hydrogens (tertiary/aromatic N) is 1. The number of pyridine rings is 1. The Kier molecular flexibility index (Phi) is 4.23. The minimum atomic E-state index is -0.821. The summed E-state index contributed by atoms with van der Waals surface area (Å²) < 4.78 is 5.56. The van der Waals surface area contributed by atoms with Gasteiger partial charge in [-0.25, -0.2) is 4.98 Å². The van der Waals surface area contributed by atoms with Crippen LogP contribution in [0, 0.1) is 6.92 Å². The zero-order valence-electron chi connectivity index (χ0n) is 10.9.